The maximum Gasteiger partial charge on any atom is 0.256 e. The molecule has 0 spiro atoms. The SMILES string of the molecule is CCN1CCc2nc3ccccc3c(C(=O)Nc3ccc(S(=O)(=O)N4CCCCC4)cc3)c2C1. The number of likely N-dealkylation sites (N-methyl/N-ethyl adjacent to an activating group) is 1. The van der Waals surface area contributed by atoms with Crippen LogP contribution in [0.5, 0.6) is 0 Å². The van der Waals surface area contributed by atoms with Gasteiger partial charge in [-0.15, -0.1) is 0 Å². The topological polar surface area (TPSA) is 82.6 Å². The summed E-state index contributed by atoms with van der Waals surface area (Å²) in [6, 6.07) is 14.2. The van der Waals surface area contributed by atoms with Gasteiger partial charge in [0.25, 0.3) is 5.91 Å². The first-order valence-corrected chi connectivity index (χ1v) is 13.5. The molecule has 1 aromatic heterocycles. The Morgan fingerprint density at radius 2 is 1.74 bits per heavy atom. The van der Waals surface area contributed by atoms with E-state index in [1.54, 1.807) is 28.6 Å². The first-order valence-electron chi connectivity index (χ1n) is 12.0. The lowest BCUT2D eigenvalue weighted by molar-refractivity contribution is 0.102. The van der Waals surface area contributed by atoms with E-state index in [2.05, 4.69) is 17.1 Å². The lowest BCUT2D eigenvalue weighted by Gasteiger charge is -2.29. The minimum atomic E-state index is -3.50. The molecule has 0 aliphatic carbocycles. The van der Waals surface area contributed by atoms with Crippen LogP contribution in [-0.2, 0) is 23.0 Å². The van der Waals surface area contributed by atoms with Crippen LogP contribution >= 0.6 is 0 Å². The van der Waals surface area contributed by atoms with Crippen LogP contribution in [0.25, 0.3) is 10.9 Å². The molecule has 7 nitrogen and oxygen atoms in total. The van der Waals surface area contributed by atoms with Crippen molar-refractivity contribution in [2.75, 3.05) is 31.5 Å². The molecule has 8 heteroatoms. The number of hydrogen-bond acceptors (Lipinski definition) is 5. The van der Waals surface area contributed by atoms with Crippen molar-refractivity contribution in [1.82, 2.24) is 14.2 Å². The van der Waals surface area contributed by atoms with E-state index in [0.29, 0.717) is 30.9 Å². The van der Waals surface area contributed by atoms with E-state index < -0.39 is 10.0 Å². The number of pyridine rings is 1. The summed E-state index contributed by atoms with van der Waals surface area (Å²) in [5.41, 5.74) is 4.01. The van der Waals surface area contributed by atoms with Crippen LogP contribution in [0.3, 0.4) is 0 Å². The molecule has 3 aromatic rings. The molecule has 2 aromatic carbocycles. The third-order valence-corrected chi connectivity index (χ3v) is 8.78. The molecule has 0 radical (unpaired) electrons. The maximum atomic E-state index is 13.5. The molecule has 0 saturated carbocycles. The molecule has 0 bridgehead atoms. The number of piperidine rings is 1. The number of nitrogens with zero attached hydrogens (tertiary/aromatic N) is 3. The van der Waals surface area contributed by atoms with Crippen molar-refractivity contribution in [1.29, 1.82) is 0 Å². The third kappa shape index (κ3) is 4.33. The molecule has 0 atom stereocenters. The van der Waals surface area contributed by atoms with Crippen molar-refractivity contribution in [3.63, 3.8) is 0 Å². The standard InChI is InChI=1S/C26H30N4O3S/c1-2-29-17-14-24-22(18-29)25(21-8-4-5-9-23(21)28-24)26(31)27-19-10-12-20(13-11-19)34(32,33)30-15-6-3-7-16-30/h4-5,8-13H,2-3,6-7,14-18H2,1H3,(H,27,31). The Labute approximate surface area is 200 Å². The van der Waals surface area contributed by atoms with Gasteiger partial charge in [0.05, 0.1) is 16.0 Å². The monoisotopic (exact) mass is 478 g/mol. The highest BCUT2D eigenvalue weighted by Crippen LogP contribution is 2.29. The van der Waals surface area contributed by atoms with E-state index in [-0.39, 0.29) is 10.8 Å². The molecular formula is C26H30N4O3S. The number of fused-ring (bicyclic) bond motifs is 2. The van der Waals surface area contributed by atoms with E-state index in [1.807, 2.05) is 24.3 Å². The fraction of sp³-hybridized carbons (Fsp3) is 0.385. The number of para-hydroxylation sites is 1. The average molecular weight is 479 g/mol. The van der Waals surface area contributed by atoms with Gasteiger partial charge in [-0.3, -0.25) is 14.7 Å². The Kier molecular flexibility index (Phi) is 6.38. The van der Waals surface area contributed by atoms with Gasteiger partial charge < -0.3 is 5.32 Å². The second kappa shape index (κ2) is 9.44. The van der Waals surface area contributed by atoms with Gasteiger partial charge in [-0.05, 0) is 49.7 Å². The van der Waals surface area contributed by atoms with E-state index in [0.717, 1.165) is 60.9 Å². The molecule has 1 saturated heterocycles. The van der Waals surface area contributed by atoms with Gasteiger partial charge >= 0.3 is 0 Å². The third-order valence-electron chi connectivity index (χ3n) is 6.86. The molecule has 34 heavy (non-hydrogen) atoms. The lowest BCUT2D eigenvalue weighted by Crippen LogP contribution is -2.35. The average Bonchev–Trinajstić information content (AvgIpc) is 2.87. The van der Waals surface area contributed by atoms with Gasteiger partial charge in [-0.25, -0.2) is 8.42 Å². The number of benzene rings is 2. The Morgan fingerprint density at radius 1 is 1.00 bits per heavy atom. The summed E-state index contributed by atoms with van der Waals surface area (Å²) in [5, 5.41) is 3.83. The second-order valence-corrected chi connectivity index (χ2v) is 10.9. The van der Waals surface area contributed by atoms with Gasteiger partial charge in [0.15, 0.2) is 0 Å². The van der Waals surface area contributed by atoms with Gasteiger partial charge in [0.1, 0.15) is 0 Å². The van der Waals surface area contributed by atoms with Crippen LogP contribution in [0.1, 0.15) is 47.8 Å². The summed E-state index contributed by atoms with van der Waals surface area (Å²) < 4.78 is 27.4. The highest BCUT2D eigenvalue weighted by Gasteiger charge is 2.27. The van der Waals surface area contributed by atoms with Crippen LogP contribution in [0, 0.1) is 0 Å². The molecule has 2 aliphatic heterocycles. The van der Waals surface area contributed by atoms with Crippen molar-refractivity contribution in [3.05, 3.63) is 65.4 Å². The first kappa shape index (κ1) is 23.0. The number of hydrogen-bond donors (Lipinski definition) is 1. The van der Waals surface area contributed by atoms with Crippen LogP contribution in [0.4, 0.5) is 5.69 Å². The zero-order valence-electron chi connectivity index (χ0n) is 19.5. The number of carbonyl (C=O) groups excluding carboxylic acids is 1. The zero-order valence-corrected chi connectivity index (χ0v) is 20.3. The number of rotatable bonds is 5. The quantitative estimate of drug-likeness (QED) is 0.599. The predicted molar refractivity (Wildman–Crippen MR) is 133 cm³/mol. The highest BCUT2D eigenvalue weighted by molar-refractivity contribution is 7.89. The molecular weight excluding hydrogens is 448 g/mol. The number of amides is 1. The van der Waals surface area contributed by atoms with E-state index >= 15 is 0 Å². The largest absolute Gasteiger partial charge is 0.322 e. The van der Waals surface area contributed by atoms with Crippen LogP contribution in [-0.4, -0.2) is 54.7 Å². The van der Waals surface area contributed by atoms with Crippen molar-refractivity contribution in [2.45, 2.75) is 44.0 Å². The van der Waals surface area contributed by atoms with Gasteiger partial charge in [0, 0.05) is 54.9 Å². The number of sulfonamides is 1. The van der Waals surface area contributed by atoms with Crippen LogP contribution in [0.2, 0.25) is 0 Å². The first-order chi connectivity index (χ1) is 16.5. The lowest BCUT2D eigenvalue weighted by atomic mass is 9.95. The summed E-state index contributed by atoms with van der Waals surface area (Å²) in [7, 11) is -3.50. The van der Waals surface area contributed by atoms with E-state index in [9.17, 15) is 13.2 Å². The van der Waals surface area contributed by atoms with Crippen LogP contribution in [0.15, 0.2) is 53.4 Å². The molecule has 5 rings (SSSR count). The Balaban J connectivity index is 1.44. The second-order valence-electron chi connectivity index (χ2n) is 8.99. The number of aromatic nitrogens is 1. The summed E-state index contributed by atoms with van der Waals surface area (Å²) in [6.45, 7) is 5.80. The number of carbonyl (C=O) groups is 1. The summed E-state index contributed by atoms with van der Waals surface area (Å²) in [4.78, 5) is 21.0. The van der Waals surface area contributed by atoms with Crippen LogP contribution < -0.4 is 5.32 Å². The maximum absolute atomic E-state index is 13.5. The van der Waals surface area contributed by atoms with Gasteiger partial charge in [-0.2, -0.15) is 4.31 Å². The van der Waals surface area contributed by atoms with Crippen molar-refractivity contribution in [3.8, 4) is 0 Å². The smallest absolute Gasteiger partial charge is 0.256 e. The molecule has 0 unspecified atom stereocenters. The van der Waals surface area contributed by atoms with Crippen molar-refractivity contribution >= 4 is 32.5 Å². The molecule has 1 N–H and O–H groups in total. The van der Waals surface area contributed by atoms with Crippen molar-refractivity contribution in [2.24, 2.45) is 0 Å². The molecule has 1 amide bonds. The number of nitrogens with one attached hydrogen (secondary N) is 1. The molecule has 1 fully saturated rings. The fourth-order valence-corrected chi connectivity index (χ4v) is 6.45. The fourth-order valence-electron chi connectivity index (χ4n) is 4.93. The zero-order chi connectivity index (χ0) is 23.7. The minimum absolute atomic E-state index is 0.195. The molecule has 2 aliphatic rings. The Bertz CT molecular complexity index is 1320. The molecule has 178 valence electrons. The summed E-state index contributed by atoms with van der Waals surface area (Å²) in [5.74, 6) is -0.195. The van der Waals surface area contributed by atoms with Crippen molar-refractivity contribution < 1.29 is 13.2 Å². The van der Waals surface area contributed by atoms with Gasteiger partial charge in [0.2, 0.25) is 10.0 Å². The normalized spacial score (nSPS) is 17.4. The van der Waals surface area contributed by atoms with Gasteiger partial charge in [-0.1, -0.05) is 31.5 Å². The summed E-state index contributed by atoms with van der Waals surface area (Å²) in [6.07, 6.45) is 3.68. The summed E-state index contributed by atoms with van der Waals surface area (Å²) >= 11 is 0. The predicted octanol–water partition coefficient (Wildman–Crippen LogP) is 4.04. The Morgan fingerprint density at radius 3 is 2.47 bits per heavy atom. The number of anilines is 1. The molecule has 3 heterocycles. The highest BCUT2D eigenvalue weighted by atomic mass is 32.2. The van der Waals surface area contributed by atoms with E-state index in [4.69, 9.17) is 4.98 Å². The van der Waals surface area contributed by atoms with E-state index in [1.165, 1.54) is 0 Å². The Hall–Kier alpha value is -2.81. The minimum Gasteiger partial charge on any atom is -0.322 e.